The Hall–Kier alpha value is -3.04. The highest BCUT2D eigenvalue weighted by Gasteiger charge is 2.19. The maximum atomic E-state index is 10.1. The maximum Gasteiger partial charge on any atom is 0.102 e. The fourth-order valence-electron chi connectivity index (χ4n) is 4.03. The summed E-state index contributed by atoms with van der Waals surface area (Å²) in [6.07, 6.45) is 10.2. The van der Waals surface area contributed by atoms with Crippen molar-refractivity contribution in [1.29, 1.82) is 5.26 Å². The van der Waals surface area contributed by atoms with Gasteiger partial charge in [0.2, 0.25) is 0 Å². The molecule has 1 unspecified atom stereocenters. The Bertz CT molecular complexity index is 1230. The minimum atomic E-state index is -0.0686. The molecule has 0 saturated heterocycles. The molecular weight excluding hydrogens is 402 g/mol. The summed E-state index contributed by atoms with van der Waals surface area (Å²) in [5, 5.41) is 11.1. The third-order valence-electron chi connectivity index (χ3n) is 5.48. The number of fused-ring (bicyclic) bond motifs is 1. The van der Waals surface area contributed by atoms with E-state index in [9.17, 15) is 5.26 Å². The molecule has 0 radical (unpaired) electrons. The van der Waals surface area contributed by atoms with Gasteiger partial charge in [-0.1, -0.05) is 42.5 Å². The molecule has 2 aromatic carbocycles. The number of benzene rings is 2. The molecule has 3 aromatic rings. The predicted molar refractivity (Wildman–Crippen MR) is 130 cm³/mol. The third-order valence-corrected chi connectivity index (χ3v) is 6.19. The van der Waals surface area contributed by atoms with E-state index in [2.05, 4.69) is 76.9 Å². The molecule has 0 fully saturated rings. The summed E-state index contributed by atoms with van der Waals surface area (Å²) in [5.74, 6) is 0. The molecule has 31 heavy (non-hydrogen) atoms. The van der Waals surface area contributed by atoms with Crippen LogP contribution in [0.1, 0.15) is 18.1 Å². The monoisotopic (exact) mass is 427 g/mol. The first kappa shape index (κ1) is 21.2. The van der Waals surface area contributed by atoms with Crippen LogP contribution >= 0.6 is 11.9 Å². The van der Waals surface area contributed by atoms with Crippen molar-refractivity contribution < 1.29 is 4.74 Å². The predicted octanol–water partition coefficient (Wildman–Crippen LogP) is 5.95. The van der Waals surface area contributed by atoms with Crippen LogP contribution in [0.2, 0.25) is 0 Å². The summed E-state index contributed by atoms with van der Waals surface area (Å²) in [6, 6.07) is 17.2. The minimum Gasteiger partial charge on any atom is -0.373 e. The molecule has 1 atom stereocenters. The fourth-order valence-corrected chi connectivity index (χ4v) is 4.54. The van der Waals surface area contributed by atoms with Crippen molar-refractivity contribution in [3.63, 3.8) is 0 Å². The van der Waals surface area contributed by atoms with E-state index in [1.807, 2.05) is 25.3 Å². The molecule has 156 valence electrons. The van der Waals surface area contributed by atoms with Crippen LogP contribution in [-0.2, 0) is 11.3 Å². The molecule has 0 amide bonds. The lowest BCUT2D eigenvalue weighted by Gasteiger charge is -2.10. The van der Waals surface area contributed by atoms with Gasteiger partial charge >= 0.3 is 0 Å². The molecule has 1 aromatic heterocycles. The average molecular weight is 428 g/mol. The Morgan fingerprint density at radius 3 is 2.58 bits per heavy atom. The second-order valence-corrected chi connectivity index (χ2v) is 8.29. The lowest BCUT2D eigenvalue weighted by Crippen LogP contribution is -2.02. The van der Waals surface area contributed by atoms with E-state index >= 15 is 0 Å². The van der Waals surface area contributed by atoms with Gasteiger partial charge in [-0.05, 0) is 73.0 Å². The van der Waals surface area contributed by atoms with Crippen molar-refractivity contribution in [2.45, 2.75) is 24.5 Å². The van der Waals surface area contributed by atoms with Crippen molar-refractivity contribution in [3.05, 3.63) is 84.0 Å². The van der Waals surface area contributed by atoms with E-state index in [-0.39, 0.29) is 6.10 Å². The maximum absolute atomic E-state index is 10.1. The molecule has 4 rings (SSSR count). The minimum absolute atomic E-state index is 0.0686. The van der Waals surface area contributed by atoms with Crippen molar-refractivity contribution in [1.82, 2.24) is 9.29 Å². The first-order valence-corrected chi connectivity index (χ1v) is 11.1. The number of nitrogens with one attached hydrogen (secondary N) is 1. The van der Waals surface area contributed by atoms with Gasteiger partial charge in [-0.2, -0.15) is 5.26 Å². The number of nitrogens with zero attached hydrogens (tertiary/aromatic N) is 2. The van der Waals surface area contributed by atoms with E-state index in [0.29, 0.717) is 5.56 Å². The van der Waals surface area contributed by atoms with Gasteiger partial charge in [0.15, 0.2) is 0 Å². The van der Waals surface area contributed by atoms with Crippen LogP contribution in [0.25, 0.3) is 27.7 Å². The molecule has 1 aliphatic carbocycles. The molecule has 4 nitrogen and oxygen atoms in total. The zero-order valence-electron chi connectivity index (χ0n) is 17.9. The Balaban J connectivity index is 1.87. The van der Waals surface area contributed by atoms with Gasteiger partial charge in [-0.15, -0.1) is 0 Å². The summed E-state index contributed by atoms with van der Waals surface area (Å²) in [5.41, 5.74) is 5.97. The van der Waals surface area contributed by atoms with E-state index in [1.165, 1.54) is 0 Å². The largest absolute Gasteiger partial charge is 0.373 e. The second-order valence-electron chi connectivity index (χ2n) is 7.21. The number of nitriles is 1. The van der Waals surface area contributed by atoms with Crippen LogP contribution in [0.5, 0.6) is 0 Å². The Labute approximate surface area is 187 Å². The summed E-state index contributed by atoms with van der Waals surface area (Å²) in [4.78, 5) is 1.14. The first-order valence-electron chi connectivity index (χ1n) is 10.3. The topological polar surface area (TPSA) is 50.0 Å². The van der Waals surface area contributed by atoms with E-state index < -0.39 is 0 Å². The van der Waals surface area contributed by atoms with Gasteiger partial charge in [0, 0.05) is 29.5 Å². The van der Waals surface area contributed by atoms with E-state index in [1.54, 1.807) is 19.1 Å². The van der Waals surface area contributed by atoms with Crippen LogP contribution < -0.4 is 4.72 Å². The van der Waals surface area contributed by atoms with Crippen LogP contribution in [-0.4, -0.2) is 24.8 Å². The van der Waals surface area contributed by atoms with Crippen molar-refractivity contribution in [2.24, 2.45) is 0 Å². The Morgan fingerprint density at radius 1 is 1.13 bits per heavy atom. The summed E-state index contributed by atoms with van der Waals surface area (Å²) in [6.45, 7) is 2.91. The molecule has 5 heteroatoms. The normalized spacial score (nSPS) is 15.7. The number of allylic oxidation sites excluding steroid dienone is 4. The smallest absolute Gasteiger partial charge is 0.102 e. The molecule has 0 bridgehead atoms. The number of aromatic nitrogens is 1. The molecule has 0 aliphatic heterocycles. The van der Waals surface area contributed by atoms with Crippen LogP contribution in [0.3, 0.4) is 0 Å². The average Bonchev–Trinajstić information content (AvgIpc) is 2.94. The van der Waals surface area contributed by atoms with Crippen LogP contribution in [0, 0.1) is 11.3 Å². The zero-order valence-corrected chi connectivity index (χ0v) is 18.7. The van der Waals surface area contributed by atoms with Crippen molar-refractivity contribution in [3.8, 4) is 17.3 Å². The molecule has 1 N–H and O–H groups in total. The highest BCUT2D eigenvalue weighted by Crippen LogP contribution is 2.36. The van der Waals surface area contributed by atoms with Gasteiger partial charge in [0.05, 0.1) is 17.4 Å². The lowest BCUT2D eigenvalue weighted by molar-refractivity contribution is 0.178. The van der Waals surface area contributed by atoms with Crippen LogP contribution in [0.15, 0.2) is 77.7 Å². The summed E-state index contributed by atoms with van der Waals surface area (Å²) >= 11 is 1.58. The highest BCUT2D eigenvalue weighted by atomic mass is 32.2. The van der Waals surface area contributed by atoms with Crippen molar-refractivity contribution >= 4 is 28.4 Å². The Kier molecular flexibility index (Phi) is 6.43. The molecule has 1 aliphatic rings. The highest BCUT2D eigenvalue weighted by molar-refractivity contribution is 7.97. The number of rotatable bonds is 6. The molecular formula is C26H25N3OS. The fraction of sp³-hybridized carbons (Fsp3) is 0.192. The van der Waals surface area contributed by atoms with Crippen molar-refractivity contribution in [2.75, 3.05) is 14.2 Å². The molecule has 1 heterocycles. The van der Waals surface area contributed by atoms with Crippen LogP contribution in [0.4, 0.5) is 0 Å². The van der Waals surface area contributed by atoms with E-state index in [0.717, 1.165) is 44.7 Å². The van der Waals surface area contributed by atoms with Gasteiger partial charge in [-0.3, -0.25) is 4.72 Å². The second kappa shape index (κ2) is 9.40. The standard InChI is InChI=1S/C26H25N3OS/c1-4-29-25-14-11-20(19-7-5-6-8-21(15-19)30-3)16-23(25)24(17-27)26(29)18-9-12-22(13-10-18)31-28-2/h5-16,21,28H,4H2,1-3H3. The van der Waals surface area contributed by atoms with Gasteiger partial charge in [0.1, 0.15) is 6.07 Å². The van der Waals surface area contributed by atoms with Gasteiger partial charge < -0.3 is 9.30 Å². The molecule has 0 spiro atoms. The Morgan fingerprint density at radius 2 is 1.90 bits per heavy atom. The van der Waals surface area contributed by atoms with Gasteiger partial charge in [-0.25, -0.2) is 0 Å². The zero-order chi connectivity index (χ0) is 21.8. The summed E-state index contributed by atoms with van der Waals surface area (Å²) in [7, 11) is 3.61. The number of ether oxygens (including phenoxy) is 1. The molecule has 0 saturated carbocycles. The quantitative estimate of drug-likeness (QED) is 0.494. The lowest BCUT2D eigenvalue weighted by atomic mass is 10.00. The third kappa shape index (κ3) is 4.11. The first-order chi connectivity index (χ1) is 15.2. The number of methoxy groups -OCH3 is 1. The number of hydrogen-bond donors (Lipinski definition) is 1. The summed E-state index contributed by atoms with van der Waals surface area (Å²) < 4.78 is 10.8. The van der Waals surface area contributed by atoms with E-state index in [4.69, 9.17) is 4.74 Å². The van der Waals surface area contributed by atoms with Gasteiger partial charge in [0.25, 0.3) is 0 Å². The number of hydrogen-bond acceptors (Lipinski definition) is 4. The SMILES string of the molecule is CCn1c(-c2ccc(SNC)cc2)c(C#N)c2cc(C3=CC(OC)C=CC=C3)ccc21. The number of aryl methyl sites for hydroxylation is 1.